The molecule has 1 fully saturated rings. The molecule has 1 saturated heterocycles. The zero-order valence-electron chi connectivity index (χ0n) is 17.2. The molecule has 0 spiro atoms. The van der Waals surface area contributed by atoms with Crippen molar-refractivity contribution in [3.05, 3.63) is 71.8 Å². The van der Waals surface area contributed by atoms with Gasteiger partial charge in [0.25, 0.3) is 0 Å². The van der Waals surface area contributed by atoms with Crippen LogP contribution in [0.25, 0.3) is 0 Å². The molecule has 0 aliphatic carbocycles. The van der Waals surface area contributed by atoms with Gasteiger partial charge in [0, 0.05) is 19.6 Å². The summed E-state index contributed by atoms with van der Waals surface area (Å²) in [6.45, 7) is 5.42. The lowest BCUT2D eigenvalue weighted by Crippen LogP contribution is -2.61. The van der Waals surface area contributed by atoms with Gasteiger partial charge in [0.05, 0.1) is 30.1 Å². The molecule has 3 rings (SSSR count). The topological polar surface area (TPSA) is 71.0 Å². The summed E-state index contributed by atoms with van der Waals surface area (Å²) in [4.78, 5) is 14.9. The Hall–Kier alpha value is -2.06. The Kier molecular flexibility index (Phi) is 8.16. The summed E-state index contributed by atoms with van der Waals surface area (Å²) in [5.74, 6) is 0. The molecule has 3 atom stereocenters. The first kappa shape index (κ1) is 22.6. The molecule has 1 amide bonds. The van der Waals surface area contributed by atoms with Crippen LogP contribution in [0.5, 0.6) is 0 Å². The summed E-state index contributed by atoms with van der Waals surface area (Å²) >= 11 is 4.75. The number of carbonyl (C=O) groups is 1. The van der Waals surface area contributed by atoms with E-state index in [2.05, 4.69) is 10.2 Å². The fourth-order valence-corrected chi connectivity index (χ4v) is 3.92. The summed E-state index contributed by atoms with van der Waals surface area (Å²) in [7, 11) is 0. The lowest BCUT2D eigenvalue weighted by Gasteiger charge is -2.42. The molecule has 1 aliphatic heterocycles. The number of morpholine rings is 1. The highest BCUT2D eigenvalue weighted by Crippen LogP contribution is 2.30. The number of hydrogen-bond acceptors (Lipinski definition) is 6. The van der Waals surface area contributed by atoms with Crippen LogP contribution in [0.3, 0.4) is 0 Å². The molecular formula is C23H30N2O4S. The number of aliphatic hydroxyl groups is 1. The zero-order valence-corrected chi connectivity index (χ0v) is 18.1. The molecule has 1 aliphatic rings. The molecular weight excluding hydrogens is 400 g/mol. The third-order valence-corrected chi connectivity index (χ3v) is 6.20. The standard InChI is InChI=1S/C23H30N2O4S/c1-23(17-25-12-14-28-15-13-25,21(30)20(26)19-10-6-3-7-11-19)24-22(27)29-16-18-8-4-2-5-9-18/h2-11,20-21,26,30H,12-17H2,1H3,(H,24,27)/t20-,21?,23+/m0/s1. The molecule has 162 valence electrons. The van der Waals surface area contributed by atoms with Crippen LogP contribution >= 0.6 is 12.6 Å². The van der Waals surface area contributed by atoms with Crippen molar-refractivity contribution in [3.8, 4) is 0 Å². The summed E-state index contributed by atoms with van der Waals surface area (Å²) in [5, 5.41) is 13.4. The number of alkyl carbamates (subject to hydrolysis) is 1. The number of benzene rings is 2. The second-order valence-electron chi connectivity index (χ2n) is 7.79. The number of nitrogens with one attached hydrogen (secondary N) is 1. The van der Waals surface area contributed by atoms with Crippen molar-refractivity contribution in [2.24, 2.45) is 0 Å². The van der Waals surface area contributed by atoms with Crippen LogP contribution in [0.1, 0.15) is 24.2 Å². The molecule has 2 aromatic carbocycles. The maximum absolute atomic E-state index is 12.6. The first-order chi connectivity index (χ1) is 14.5. The molecule has 30 heavy (non-hydrogen) atoms. The summed E-state index contributed by atoms with van der Waals surface area (Å²) in [5.41, 5.74) is 0.836. The lowest BCUT2D eigenvalue weighted by atomic mass is 9.89. The van der Waals surface area contributed by atoms with Crippen LogP contribution < -0.4 is 5.32 Å². The van der Waals surface area contributed by atoms with Gasteiger partial charge in [0.15, 0.2) is 0 Å². The minimum absolute atomic E-state index is 0.179. The van der Waals surface area contributed by atoms with Gasteiger partial charge in [-0.15, -0.1) is 0 Å². The molecule has 1 heterocycles. The van der Waals surface area contributed by atoms with Crippen molar-refractivity contribution in [2.75, 3.05) is 32.8 Å². The third kappa shape index (κ3) is 6.22. The van der Waals surface area contributed by atoms with Crippen molar-refractivity contribution in [2.45, 2.75) is 30.4 Å². The van der Waals surface area contributed by atoms with Crippen molar-refractivity contribution >= 4 is 18.7 Å². The van der Waals surface area contributed by atoms with Gasteiger partial charge >= 0.3 is 6.09 Å². The van der Waals surface area contributed by atoms with Gasteiger partial charge < -0.3 is 19.9 Å². The maximum Gasteiger partial charge on any atom is 0.407 e. The highest BCUT2D eigenvalue weighted by atomic mass is 32.1. The van der Waals surface area contributed by atoms with E-state index in [1.54, 1.807) is 0 Å². The van der Waals surface area contributed by atoms with Crippen LogP contribution in [0.15, 0.2) is 60.7 Å². The van der Waals surface area contributed by atoms with E-state index in [1.807, 2.05) is 67.6 Å². The van der Waals surface area contributed by atoms with Gasteiger partial charge in [-0.1, -0.05) is 60.7 Å². The smallest absolute Gasteiger partial charge is 0.407 e. The summed E-state index contributed by atoms with van der Waals surface area (Å²) in [6.07, 6.45) is -1.39. The molecule has 7 heteroatoms. The van der Waals surface area contributed by atoms with Crippen molar-refractivity contribution in [1.29, 1.82) is 0 Å². The monoisotopic (exact) mass is 430 g/mol. The number of rotatable bonds is 8. The van der Waals surface area contributed by atoms with Crippen molar-refractivity contribution in [1.82, 2.24) is 10.2 Å². The van der Waals surface area contributed by atoms with Gasteiger partial charge in [0.1, 0.15) is 6.61 Å². The van der Waals surface area contributed by atoms with Crippen molar-refractivity contribution < 1.29 is 19.4 Å². The highest BCUT2D eigenvalue weighted by molar-refractivity contribution is 7.81. The van der Waals surface area contributed by atoms with Crippen LogP contribution in [-0.2, 0) is 16.1 Å². The number of aliphatic hydroxyl groups excluding tert-OH is 1. The van der Waals surface area contributed by atoms with Gasteiger partial charge in [-0.05, 0) is 18.1 Å². The van der Waals surface area contributed by atoms with Crippen LogP contribution in [-0.4, -0.2) is 59.7 Å². The molecule has 2 N–H and O–H groups in total. The number of amides is 1. The third-order valence-electron chi connectivity index (χ3n) is 5.35. The van der Waals surface area contributed by atoms with E-state index in [4.69, 9.17) is 22.1 Å². The average Bonchev–Trinajstić information content (AvgIpc) is 2.78. The minimum Gasteiger partial charge on any atom is -0.445 e. The van der Waals surface area contributed by atoms with Gasteiger partial charge in [-0.3, -0.25) is 4.90 Å². The maximum atomic E-state index is 12.6. The summed E-state index contributed by atoms with van der Waals surface area (Å²) < 4.78 is 10.9. The quantitative estimate of drug-likeness (QED) is 0.562. The van der Waals surface area contributed by atoms with E-state index in [1.165, 1.54) is 0 Å². The van der Waals surface area contributed by atoms with E-state index in [0.717, 1.165) is 24.2 Å². The molecule has 2 aromatic rings. The minimum atomic E-state index is -0.852. The van der Waals surface area contributed by atoms with Crippen LogP contribution in [0, 0.1) is 0 Å². The number of ether oxygens (including phenoxy) is 2. The van der Waals surface area contributed by atoms with Crippen LogP contribution in [0.2, 0.25) is 0 Å². The molecule has 0 aromatic heterocycles. The summed E-state index contributed by atoms with van der Waals surface area (Å²) in [6, 6.07) is 18.9. The number of hydrogen-bond donors (Lipinski definition) is 3. The molecule has 0 bridgehead atoms. The predicted molar refractivity (Wildman–Crippen MR) is 120 cm³/mol. The first-order valence-corrected chi connectivity index (χ1v) is 10.7. The fourth-order valence-electron chi connectivity index (χ4n) is 3.60. The average molecular weight is 431 g/mol. The van der Waals surface area contributed by atoms with Gasteiger partial charge in [-0.2, -0.15) is 12.6 Å². The fraction of sp³-hybridized carbons (Fsp3) is 0.435. The Morgan fingerprint density at radius 1 is 1.17 bits per heavy atom. The van der Waals surface area contributed by atoms with Crippen LogP contribution in [0.4, 0.5) is 4.79 Å². The van der Waals surface area contributed by atoms with E-state index < -0.39 is 23.0 Å². The molecule has 6 nitrogen and oxygen atoms in total. The van der Waals surface area contributed by atoms with Gasteiger partial charge in [-0.25, -0.2) is 4.79 Å². The molecule has 0 saturated carbocycles. The normalized spacial score (nSPS) is 18.8. The first-order valence-electron chi connectivity index (χ1n) is 10.2. The Balaban J connectivity index is 1.71. The number of nitrogens with zero attached hydrogens (tertiary/aromatic N) is 1. The Bertz CT molecular complexity index is 786. The van der Waals surface area contributed by atoms with E-state index in [9.17, 15) is 9.90 Å². The Morgan fingerprint density at radius 3 is 2.40 bits per heavy atom. The number of thiol groups is 1. The lowest BCUT2D eigenvalue weighted by molar-refractivity contribution is 0.0184. The zero-order chi connectivity index (χ0) is 21.4. The SMILES string of the molecule is C[C@](CN1CCOCC1)(NC(=O)OCc1ccccc1)C(S)[C@@H](O)c1ccccc1. The number of carbonyl (C=O) groups excluding carboxylic acids is 1. The van der Waals surface area contributed by atoms with E-state index in [-0.39, 0.29) is 6.61 Å². The predicted octanol–water partition coefficient (Wildman–Crippen LogP) is 3.04. The van der Waals surface area contributed by atoms with Gasteiger partial charge in [0.2, 0.25) is 0 Å². The van der Waals surface area contributed by atoms with E-state index in [0.29, 0.717) is 19.8 Å². The largest absolute Gasteiger partial charge is 0.445 e. The Morgan fingerprint density at radius 2 is 1.77 bits per heavy atom. The Labute approximate surface area is 183 Å². The van der Waals surface area contributed by atoms with Crippen molar-refractivity contribution in [3.63, 3.8) is 0 Å². The van der Waals surface area contributed by atoms with E-state index >= 15 is 0 Å². The second kappa shape index (κ2) is 10.8. The molecule has 0 radical (unpaired) electrons. The highest BCUT2D eigenvalue weighted by Gasteiger charge is 2.40. The second-order valence-corrected chi connectivity index (χ2v) is 8.35. The molecule has 1 unspecified atom stereocenters.